The normalized spacial score (nSPS) is 14.2. The molecule has 0 aliphatic rings. The van der Waals surface area contributed by atoms with Crippen LogP contribution in [0.4, 0.5) is 9.59 Å². The van der Waals surface area contributed by atoms with Crippen molar-refractivity contribution >= 4 is 18.2 Å². The maximum atomic E-state index is 11.9. The van der Waals surface area contributed by atoms with Gasteiger partial charge < -0.3 is 24.8 Å². The number of hydrogen-bond donors (Lipinski definition) is 2. The summed E-state index contributed by atoms with van der Waals surface area (Å²) >= 11 is 0. The van der Waals surface area contributed by atoms with Crippen LogP contribution < -0.4 is 10.6 Å². The van der Waals surface area contributed by atoms with Crippen LogP contribution in [0.5, 0.6) is 0 Å². The minimum Gasteiger partial charge on any atom is -0.459 e. The first-order valence-electron chi connectivity index (χ1n) is 7.86. The van der Waals surface area contributed by atoms with E-state index in [0.717, 1.165) is 0 Å². The Morgan fingerprint density at radius 2 is 1.33 bits per heavy atom. The summed E-state index contributed by atoms with van der Waals surface area (Å²) in [6.07, 6.45) is -1.87. The Hall–Kier alpha value is -1.99. The average molecular weight is 346 g/mol. The summed E-state index contributed by atoms with van der Waals surface area (Å²) in [4.78, 5) is 35.0. The highest BCUT2D eigenvalue weighted by Crippen LogP contribution is 2.08. The summed E-state index contributed by atoms with van der Waals surface area (Å²) in [5, 5.41) is 4.89. The van der Waals surface area contributed by atoms with E-state index in [-0.39, 0.29) is 6.54 Å². The van der Waals surface area contributed by atoms with E-state index in [9.17, 15) is 14.4 Å². The molecule has 0 radical (unpaired) electrons. The molecule has 8 heteroatoms. The number of nitrogens with one attached hydrogen (secondary N) is 2. The van der Waals surface area contributed by atoms with Gasteiger partial charge in [-0.1, -0.05) is 0 Å². The van der Waals surface area contributed by atoms with E-state index in [0.29, 0.717) is 0 Å². The van der Waals surface area contributed by atoms with Crippen LogP contribution in [-0.2, 0) is 19.0 Å². The molecule has 2 atom stereocenters. The molecule has 24 heavy (non-hydrogen) atoms. The molecule has 0 spiro atoms. The third kappa shape index (κ3) is 11.6. The first-order chi connectivity index (χ1) is 10.7. The Kier molecular flexibility index (Phi) is 8.02. The average Bonchev–Trinajstić information content (AvgIpc) is 2.31. The van der Waals surface area contributed by atoms with Gasteiger partial charge in [-0.3, -0.25) is 0 Å². The SMILES string of the molecule is CC(CNC(=O)OC(C)(C)C)OC(=O)[C@H](C)NC(=O)OC(C)(C)C. The van der Waals surface area contributed by atoms with Crippen molar-refractivity contribution in [3.05, 3.63) is 0 Å². The molecule has 0 aromatic rings. The Morgan fingerprint density at radius 1 is 0.875 bits per heavy atom. The largest absolute Gasteiger partial charge is 0.459 e. The van der Waals surface area contributed by atoms with Crippen molar-refractivity contribution in [1.29, 1.82) is 0 Å². The third-order valence-electron chi connectivity index (χ3n) is 2.34. The Balaban J connectivity index is 4.21. The van der Waals surface area contributed by atoms with Crippen LogP contribution in [0.25, 0.3) is 0 Å². The van der Waals surface area contributed by atoms with Gasteiger partial charge in [0, 0.05) is 0 Å². The molecule has 0 bridgehead atoms. The lowest BCUT2D eigenvalue weighted by Gasteiger charge is -2.23. The molecule has 0 aromatic heterocycles. The molecule has 0 aromatic carbocycles. The Labute approximate surface area is 143 Å². The molecule has 0 aliphatic carbocycles. The van der Waals surface area contributed by atoms with Crippen molar-refractivity contribution in [1.82, 2.24) is 10.6 Å². The second-order valence-electron chi connectivity index (χ2n) is 7.50. The summed E-state index contributed by atoms with van der Waals surface area (Å²) < 4.78 is 15.3. The number of ether oxygens (including phenoxy) is 3. The first-order valence-corrected chi connectivity index (χ1v) is 7.86. The van der Waals surface area contributed by atoms with Crippen LogP contribution in [0.2, 0.25) is 0 Å². The number of esters is 1. The maximum Gasteiger partial charge on any atom is 0.408 e. The van der Waals surface area contributed by atoms with E-state index in [1.807, 2.05) is 0 Å². The smallest absolute Gasteiger partial charge is 0.408 e. The molecule has 2 N–H and O–H groups in total. The van der Waals surface area contributed by atoms with Gasteiger partial charge in [-0.15, -0.1) is 0 Å². The minimum absolute atomic E-state index is 0.0970. The van der Waals surface area contributed by atoms with Crippen LogP contribution >= 0.6 is 0 Å². The van der Waals surface area contributed by atoms with Gasteiger partial charge in [-0.25, -0.2) is 14.4 Å². The molecule has 0 saturated carbocycles. The predicted molar refractivity (Wildman–Crippen MR) is 88.6 cm³/mol. The van der Waals surface area contributed by atoms with Gasteiger partial charge in [-0.05, 0) is 55.4 Å². The molecule has 0 rings (SSSR count). The molecular weight excluding hydrogens is 316 g/mol. The molecule has 0 saturated heterocycles. The molecule has 0 heterocycles. The maximum absolute atomic E-state index is 11.9. The van der Waals surface area contributed by atoms with Gasteiger partial charge in [-0.2, -0.15) is 0 Å². The van der Waals surface area contributed by atoms with Crippen molar-refractivity contribution < 1.29 is 28.6 Å². The molecule has 2 amide bonds. The van der Waals surface area contributed by atoms with E-state index in [4.69, 9.17) is 14.2 Å². The highest BCUT2D eigenvalue weighted by atomic mass is 16.6. The fraction of sp³-hybridized carbons (Fsp3) is 0.812. The minimum atomic E-state index is -0.871. The first kappa shape index (κ1) is 22.0. The van der Waals surface area contributed by atoms with Crippen LogP contribution in [0.15, 0.2) is 0 Å². The molecule has 8 nitrogen and oxygen atoms in total. The lowest BCUT2D eigenvalue weighted by Crippen LogP contribution is -2.44. The van der Waals surface area contributed by atoms with E-state index in [2.05, 4.69) is 10.6 Å². The molecule has 1 unspecified atom stereocenters. The lowest BCUT2D eigenvalue weighted by molar-refractivity contribution is -0.150. The molecule has 140 valence electrons. The summed E-state index contributed by atoms with van der Waals surface area (Å²) in [5.74, 6) is -0.626. The van der Waals surface area contributed by atoms with Crippen molar-refractivity contribution in [3.63, 3.8) is 0 Å². The lowest BCUT2D eigenvalue weighted by atomic mass is 10.2. The van der Waals surface area contributed by atoms with Gasteiger partial charge >= 0.3 is 18.2 Å². The van der Waals surface area contributed by atoms with Crippen LogP contribution in [-0.4, -0.2) is 48.0 Å². The van der Waals surface area contributed by atoms with Gasteiger partial charge in [0.25, 0.3) is 0 Å². The summed E-state index contributed by atoms with van der Waals surface area (Å²) in [5.41, 5.74) is -1.26. The Bertz CT molecular complexity index is 450. The summed E-state index contributed by atoms with van der Waals surface area (Å²) in [6.45, 7) is 13.6. The van der Waals surface area contributed by atoms with Crippen molar-refractivity contribution in [2.75, 3.05) is 6.54 Å². The number of carbonyl (C=O) groups is 3. The van der Waals surface area contributed by atoms with Crippen molar-refractivity contribution in [2.24, 2.45) is 0 Å². The topological polar surface area (TPSA) is 103 Å². The second kappa shape index (κ2) is 8.75. The summed E-state index contributed by atoms with van der Waals surface area (Å²) in [6, 6.07) is -0.871. The van der Waals surface area contributed by atoms with Crippen LogP contribution in [0.3, 0.4) is 0 Å². The molecular formula is C16H30N2O6. The van der Waals surface area contributed by atoms with Crippen LogP contribution in [0, 0.1) is 0 Å². The Morgan fingerprint density at radius 3 is 1.79 bits per heavy atom. The highest BCUT2D eigenvalue weighted by molar-refractivity contribution is 5.81. The fourth-order valence-corrected chi connectivity index (χ4v) is 1.43. The van der Waals surface area contributed by atoms with E-state index in [1.165, 1.54) is 6.92 Å². The van der Waals surface area contributed by atoms with Gasteiger partial charge in [0.15, 0.2) is 0 Å². The van der Waals surface area contributed by atoms with Gasteiger partial charge in [0.1, 0.15) is 23.3 Å². The van der Waals surface area contributed by atoms with Gasteiger partial charge in [0.2, 0.25) is 0 Å². The number of rotatable bonds is 5. The highest BCUT2D eigenvalue weighted by Gasteiger charge is 2.23. The van der Waals surface area contributed by atoms with Crippen LogP contribution in [0.1, 0.15) is 55.4 Å². The number of carbonyl (C=O) groups excluding carboxylic acids is 3. The van der Waals surface area contributed by atoms with Crippen molar-refractivity contribution in [3.8, 4) is 0 Å². The zero-order valence-corrected chi connectivity index (χ0v) is 15.8. The fourth-order valence-electron chi connectivity index (χ4n) is 1.43. The molecule has 0 aliphatic heterocycles. The van der Waals surface area contributed by atoms with E-state index < -0.39 is 41.5 Å². The zero-order valence-electron chi connectivity index (χ0n) is 15.8. The number of amides is 2. The quantitative estimate of drug-likeness (QED) is 0.585. The van der Waals surface area contributed by atoms with Crippen molar-refractivity contribution in [2.45, 2.75) is 78.7 Å². The predicted octanol–water partition coefficient (Wildman–Crippen LogP) is 2.36. The zero-order chi connectivity index (χ0) is 19.1. The molecule has 0 fully saturated rings. The van der Waals surface area contributed by atoms with E-state index in [1.54, 1.807) is 48.5 Å². The van der Waals surface area contributed by atoms with Gasteiger partial charge in [0.05, 0.1) is 6.54 Å². The summed E-state index contributed by atoms with van der Waals surface area (Å²) in [7, 11) is 0. The third-order valence-corrected chi connectivity index (χ3v) is 2.34. The second-order valence-corrected chi connectivity index (χ2v) is 7.50. The van der Waals surface area contributed by atoms with E-state index >= 15 is 0 Å². The monoisotopic (exact) mass is 346 g/mol. The standard InChI is InChI=1S/C16H30N2O6/c1-10(9-17-13(20)23-15(3,4)5)22-12(19)11(2)18-14(21)24-16(6,7)8/h10-11H,9H2,1-8H3,(H,17,20)(H,18,21)/t10?,11-/m0/s1. The number of alkyl carbamates (subject to hydrolysis) is 2. The number of hydrogen-bond acceptors (Lipinski definition) is 6.